The zero-order valence-corrected chi connectivity index (χ0v) is 11.4. The van der Waals surface area contributed by atoms with E-state index in [1.807, 2.05) is 0 Å². The molecule has 1 fully saturated rings. The van der Waals surface area contributed by atoms with Crippen LogP contribution in [-0.2, 0) is 17.0 Å². The van der Waals surface area contributed by atoms with Crippen molar-refractivity contribution >= 4 is 5.78 Å². The number of piperidine rings is 1. The van der Waals surface area contributed by atoms with Gasteiger partial charge in [0.05, 0.1) is 6.04 Å². The standard InChI is InChI=1S/C12H13F6N3O/c1-6-4-9(11(14,15)16)20-21(6)12(17,18)10(22)8-5-7(13)2-3-19-8/h4,7-8,19H,2-3,5H2,1H3. The molecule has 0 aliphatic carbocycles. The fourth-order valence-corrected chi connectivity index (χ4v) is 2.28. The van der Waals surface area contributed by atoms with E-state index in [2.05, 4.69) is 10.4 Å². The highest BCUT2D eigenvalue weighted by molar-refractivity contribution is 5.88. The number of halogens is 6. The van der Waals surface area contributed by atoms with Crippen molar-refractivity contribution in [2.75, 3.05) is 6.54 Å². The molecule has 0 spiro atoms. The third-order valence-corrected chi connectivity index (χ3v) is 3.40. The molecule has 1 aliphatic heterocycles. The molecule has 0 saturated carbocycles. The van der Waals surface area contributed by atoms with Crippen LogP contribution >= 0.6 is 0 Å². The molecule has 22 heavy (non-hydrogen) atoms. The number of carbonyl (C=O) groups is 1. The molecule has 0 aromatic carbocycles. The Balaban J connectivity index is 2.29. The van der Waals surface area contributed by atoms with Crippen LogP contribution in [0.3, 0.4) is 0 Å². The smallest absolute Gasteiger partial charge is 0.307 e. The Hall–Kier alpha value is -1.58. The monoisotopic (exact) mass is 329 g/mol. The molecule has 1 aromatic heterocycles. The third kappa shape index (κ3) is 3.11. The van der Waals surface area contributed by atoms with Crippen LogP contribution in [0.1, 0.15) is 24.2 Å². The van der Waals surface area contributed by atoms with Gasteiger partial charge in [-0.2, -0.15) is 31.7 Å². The lowest BCUT2D eigenvalue weighted by molar-refractivity contribution is -0.166. The number of alkyl halides is 6. The van der Waals surface area contributed by atoms with Crippen molar-refractivity contribution < 1.29 is 31.1 Å². The molecule has 0 radical (unpaired) electrons. The van der Waals surface area contributed by atoms with Crippen molar-refractivity contribution in [3.8, 4) is 0 Å². The lowest BCUT2D eigenvalue weighted by Gasteiger charge is -2.28. The van der Waals surface area contributed by atoms with Crippen LogP contribution in [0, 0.1) is 6.92 Å². The van der Waals surface area contributed by atoms with E-state index in [9.17, 15) is 31.1 Å². The number of aryl methyl sites for hydroxylation is 1. The van der Waals surface area contributed by atoms with E-state index in [0.717, 1.165) is 6.92 Å². The molecule has 1 aliphatic rings. The van der Waals surface area contributed by atoms with E-state index in [4.69, 9.17) is 0 Å². The largest absolute Gasteiger partial charge is 0.435 e. The summed E-state index contributed by atoms with van der Waals surface area (Å²) in [6.07, 6.45) is -6.66. The van der Waals surface area contributed by atoms with E-state index in [0.29, 0.717) is 6.07 Å². The van der Waals surface area contributed by atoms with Gasteiger partial charge >= 0.3 is 12.2 Å². The van der Waals surface area contributed by atoms with Crippen LogP contribution in [0.5, 0.6) is 0 Å². The van der Waals surface area contributed by atoms with E-state index in [1.54, 1.807) is 0 Å². The van der Waals surface area contributed by atoms with Crippen LogP contribution in [0.25, 0.3) is 0 Å². The highest BCUT2D eigenvalue weighted by Gasteiger charge is 2.49. The van der Waals surface area contributed by atoms with Crippen molar-refractivity contribution in [2.45, 2.75) is 44.2 Å². The molecule has 0 bridgehead atoms. The quantitative estimate of drug-likeness (QED) is 0.867. The SMILES string of the molecule is Cc1cc(C(F)(F)F)nn1C(F)(F)C(=O)C1CC(F)CCN1. The number of hydrogen-bond acceptors (Lipinski definition) is 3. The van der Waals surface area contributed by atoms with Gasteiger partial charge in [0.25, 0.3) is 0 Å². The summed E-state index contributed by atoms with van der Waals surface area (Å²) in [6, 6.07) is -5.33. The van der Waals surface area contributed by atoms with Gasteiger partial charge in [-0.15, -0.1) is 0 Å². The number of Topliss-reactive ketones (excluding diaryl/α,β-unsaturated/α-hetero) is 1. The van der Waals surface area contributed by atoms with Crippen molar-refractivity contribution in [3.63, 3.8) is 0 Å². The maximum absolute atomic E-state index is 14.1. The highest BCUT2D eigenvalue weighted by atomic mass is 19.4. The maximum Gasteiger partial charge on any atom is 0.435 e. The molecule has 2 unspecified atom stereocenters. The molecule has 1 aromatic rings. The van der Waals surface area contributed by atoms with Gasteiger partial charge in [-0.1, -0.05) is 0 Å². The van der Waals surface area contributed by atoms with E-state index < -0.39 is 48.0 Å². The first kappa shape index (κ1) is 16.8. The number of nitrogens with zero attached hydrogens (tertiary/aromatic N) is 2. The molecular weight excluding hydrogens is 316 g/mol. The molecule has 2 rings (SSSR count). The first-order valence-electron chi connectivity index (χ1n) is 6.47. The van der Waals surface area contributed by atoms with Crippen molar-refractivity contribution in [3.05, 3.63) is 17.5 Å². The minimum absolute atomic E-state index is 0.0412. The van der Waals surface area contributed by atoms with E-state index >= 15 is 0 Å². The molecule has 4 nitrogen and oxygen atoms in total. The van der Waals surface area contributed by atoms with Gasteiger partial charge in [0.15, 0.2) is 5.69 Å². The Bertz CT molecular complexity index is 568. The average Bonchev–Trinajstić information content (AvgIpc) is 2.80. The van der Waals surface area contributed by atoms with Crippen molar-refractivity contribution in [1.29, 1.82) is 0 Å². The zero-order valence-electron chi connectivity index (χ0n) is 11.4. The van der Waals surface area contributed by atoms with E-state index in [1.165, 1.54) is 0 Å². The first-order chi connectivity index (χ1) is 10.0. The average molecular weight is 329 g/mol. The summed E-state index contributed by atoms with van der Waals surface area (Å²) >= 11 is 0. The molecule has 10 heteroatoms. The first-order valence-corrected chi connectivity index (χ1v) is 6.47. The molecule has 124 valence electrons. The Kier molecular flexibility index (Phi) is 4.24. The van der Waals surface area contributed by atoms with Crippen molar-refractivity contribution in [1.82, 2.24) is 15.1 Å². The molecular formula is C12H13F6N3O. The summed E-state index contributed by atoms with van der Waals surface area (Å²) in [4.78, 5) is 11.9. The van der Waals surface area contributed by atoms with Gasteiger partial charge in [0.1, 0.15) is 6.17 Å². The number of ketones is 1. The molecule has 2 atom stereocenters. The lowest BCUT2D eigenvalue weighted by Crippen LogP contribution is -2.51. The molecule has 1 N–H and O–H groups in total. The van der Waals surface area contributed by atoms with Gasteiger partial charge in [-0.25, -0.2) is 4.39 Å². The third-order valence-electron chi connectivity index (χ3n) is 3.40. The van der Waals surface area contributed by atoms with E-state index in [-0.39, 0.29) is 17.6 Å². The number of hydrogen-bond donors (Lipinski definition) is 1. The normalized spacial score (nSPS) is 23.6. The fourth-order valence-electron chi connectivity index (χ4n) is 2.28. The molecule has 1 saturated heterocycles. The minimum Gasteiger partial charge on any atom is -0.307 e. The minimum atomic E-state index is -4.90. The number of aromatic nitrogens is 2. The summed E-state index contributed by atoms with van der Waals surface area (Å²) in [5, 5.41) is 5.24. The Labute approximate surface area is 121 Å². The summed E-state index contributed by atoms with van der Waals surface area (Å²) in [5.74, 6) is -1.70. The molecule has 0 amide bonds. The van der Waals surface area contributed by atoms with Crippen molar-refractivity contribution in [2.24, 2.45) is 0 Å². The van der Waals surface area contributed by atoms with Crippen LogP contribution in [0.4, 0.5) is 26.3 Å². The number of nitrogens with one attached hydrogen (secondary N) is 1. The van der Waals surface area contributed by atoms with Gasteiger partial charge in [0.2, 0.25) is 5.78 Å². The summed E-state index contributed by atoms with van der Waals surface area (Å²) < 4.78 is 78.8. The fraction of sp³-hybridized carbons (Fsp3) is 0.667. The lowest BCUT2D eigenvalue weighted by atomic mass is 9.98. The predicted molar refractivity (Wildman–Crippen MR) is 63.1 cm³/mol. The maximum atomic E-state index is 14.1. The summed E-state index contributed by atoms with van der Waals surface area (Å²) in [5.41, 5.74) is -2.03. The number of carbonyl (C=O) groups excluding carboxylic acids is 1. The van der Waals surface area contributed by atoms with Crippen LogP contribution < -0.4 is 5.32 Å². The van der Waals surface area contributed by atoms with Gasteiger partial charge in [-0.05, 0) is 26.0 Å². The summed E-state index contributed by atoms with van der Waals surface area (Å²) in [6.45, 7) is 1.02. The van der Waals surface area contributed by atoms with Gasteiger partial charge in [-0.3, -0.25) is 4.79 Å². The number of rotatable bonds is 3. The van der Waals surface area contributed by atoms with Crippen LogP contribution in [-0.4, -0.2) is 34.3 Å². The van der Waals surface area contributed by atoms with Crippen LogP contribution in [0.15, 0.2) is 6.07 Å². The summed E-state index contributed by atoms with van der Waals surface area (Å²) in [7, 11) is 0. The Morgan fingerprint density at radius 2 is 2.00 bits per heavy atom. The Morgan fingerprint density at radius 3 is 2.50 bits per heavy atom. The van der Waals surface area contributed by atoms with Gasteiger partial charge in [0, 0.05) is 12.1 Å². The second kappa shape index (κ2) is 5.56. The topological polar surface area (TPSA) is 46.9 Å². The second-order valence-corrected chi connectivity index (χ2v) is 5.11. The zero-order chi connectivity index (χ0) is 16.7. The highest BCUT2D eigenvalue weighted by Crippen LogP contribution is 2.33. The van der Waals surface area contributed by atoms with Crippen LogP contribution in [0.2, 0.25) is 0 Å². The second-order valence-electron chi connectivity index (χ2n) is 5.11. The Morgan fingerprint density at radius 1 is 1.36 bits per heavy atom. The van der Waals surface area contributed by atoms with Gasteiger partial charge < -0.3 is 5.32 Å². The molecule has 2 heterocycles. The predicted octanol–water partition coefficient (Wildman–Crippen LogP) is 2.42.